The van der Waals surface area contributed by atoms with E-state index in [1.54, 1.807) is 30.8 Å². The second-order valence-electron chi connectivity index (χ2n) is 5.28. The lowest BCUT2D eigenvalue weighted by Crippen LogP contribution is -2.30. The van der Waals surface area contributed by atoms with E-state index in [2.05, 4.69) is 45.3 Å². The summed E-state index contributed by atoms with van der Waals surface area (Å²) in [7, 11) is 0. The zero-order valence-corrected chi connectivity index (χ0v) is 16.3. The highest BCUT2D eigenvalue weighted by atomic mass is 79.9. The first-order valence-corrected chi connectivity index (χ1v) is 9.73. The van der Waals surface area contributed by atoms with Gasteiger partial charge in [0.1, 0.15) is 5.75 Å². The van der Waals surface area contributed by atoms with E-state index < -0.39 is 6.10 Å². The maximum Gasteiger partial charge on any atom is 0.266 e. The van der Waals surface area contributed by atoms with Crippen molar-refractivity contribution < 1.29 is 9.53 Å². The number of carbonyl (C=O) groups is 1. The number of benzene rings is 1. The predicted molar refractivity (Wildman–Crippen MR) is 98.3 cm³/mol. The van der Waals surface area contributed by atoms with Crippen molar-refractivity contribution in [3.63, 3.8) is 0 Å². The zero-order chi connectivity index (χ0) is 16.8. The molecule has 0 fully saturated rings. The third-order valence-electron chi connectivity index (χ3n) is 2.67. The molecule has 0 aliphatic rings. The van der Waals surface area contributed by atoms with Crippen LogP contribution in [-0.2, 0) is 4.79 Å². The maximum atomic E-state index is 12.1. The molecule has 0 aliphatic heterocycles. The molecule has 2 rings (SSSR count). The Labute approximate surface area is 152 Å². The normalized spacial score (nSPS) is 12.2. The van der Waals surface area contributed by atoms with Crippen molar-refractivity contribution in [2.45, 2.75) is 31.2 Å². The number of rotatable bonds is 7. The van der Waals surface area contributed by atoms with E-state index in [9.17, 15) is 4.79 Å². The van der Waals surface area contributed by atoms with E-state index in [4.69, 9.17) is 4.74 Å². The van der Waals surface area contributed by atoms with Gasteiger partial charge in [-0.05, 0) is 37.1 Å². The zero-order valence-electron chi connectivity index (χ0n) is 13.1. The van der Waals surface area contributed by atoms with E-state index in [0.29, 0.717) is 16.8 Å². The fourth-order valence-corrected chi connectivity index (χ4v) is 3.53. The van der Waals surface area contributed by atoms with Crippen molar-refractivity contribution in [3.05, 3.63) is 28.7 Å². The smallest absolute Gasteiger partial charge is 0.266 e. The van der Waals surface area contributed by atoms with E-state index >= 15 is 0 Å². The highest BCUT2D eigenvalue weighted by Gasteiger charge is 2.17. The molecule has 0 saturated carbocycles. The standard InChI is InChI=1S/C15H18BrN3O2S2/c1-9(2)8-22-15-19-18-14(23-15)17-13(20)10(3)21-12-6-4-11(16)5-7-12/h4-7,9-10H,8H2,1-3H3,(H,17,18,20). The molecule has 0 radical (unpaired) electrons. The fourth-order valence-electron chi connectivity index (χ4n) is 1.53. The van der Waals surface area contributed by atoms with Gasteiger partial charge in [0.15, 0.2) is 10.4 Å². The number of amides is 1. The molecule has 0 saturated heterocycles. The Bertz CT molecular complexity index is 646. The lowest BCUT2D eigenvalue weighted by molar-refractivity contribution is -0.122. The van der Waals surface area contributed by atoms with E-state index in [-0.39, 0.29) is 5.91 Å². The monoisotopic (exact) mass is 415 g/mol. The van der Waals surface area contributed by atoms with Gasteiger partial charge in [0.25, 0.3) is 5.91 Å². The quantitative estimate of drug-likeness (QED) is 0.534. The number of halogens is 1. The molecular weight excluding hydrogens is 398 g/mol. The molecule has 124 valence electrons. The largest absolute Gasteiger partial charge is 0.481 e. The number of anilines is 1. The van der Waals surface area contributed by atoms with Crippen LogP contribution >= 0.6 is 39.0 Å². The number of thioether (sulfide) groups is 1. The molecule has 1 unspecified atom stereocenters. The highest BCUT2D eigenvalue weighted by molar-refractivity contribution is 9.10. The number of hydrogen-bond acceptors (Lipinski definition) is 6. The molecule has 0 spiro atoms. The molecule has 2 aromatic rings. The van der Waals surface area contributed by atoms with Gasteiger partial charge in [-0.3, -0.25) is 10.1 Å². The second kappa shape index (κ2) is 8.65. The lowest BCUT2D eigenvalue weighted by atomic mass is 10.3. The summed E-state index contributed by atoms with van der Waals surface area (Å²) in [6.07, 6.45) is -0.619. The Morgan fingerprint density at radius 3 is 2.65 bits per heavy atom. The topological polar surface area (TPSA) is 64.1 Å². The van der Waals surface area contributed by atoms with Crippen LogP contribution in [-0.4, -0.2) is 28.0 Å². The van der Waals surface area contributed by atoms with Gasteiger partial charge in [0.2, 0.25) is 5.13 Å². The minimum atomic E-state index is -0.619. The number of aromatic nitrogens is 2. The SMILES string of the molecule is CC(C)CSc1nnc(NC(=O)C(C)Oc2ccc(Br)cc2)s1. The average Bonchev–Trinajstić information content (AvgIpc) is 2.95. The van der Waals surface area contributed by atoms with E-state index in [0.717, 1.165) is 14.6 Å². The van der Waals surface area contributed by atoms with Gasteiger partial charge in [-0.1, -0.05) is 52.9 Å². The van der Waals surface area contributed by atoms with Crippen LogP contribution in [0.3, 0.4) is 0 Å². The summed E-state index contributed by atoms with van der Waals surface area (Å²) in [5, 5.41) is 11.3. The number of hydrogen-bond donors (Lipinski definition) is 1. The molecule has 1 aromatic heterocycles. The maximum absolute atomic E-state index is 12.1. The van der Waals surface area contributed by atoms with Crippen LogP contribution in [0, 0.1) is 5.92 Å². The molecular formula is C15H18BrN3O2S2. The summed E-state index contributed by atoms with van der Waals surface area (Å²) in [5.74, 6) is 1.96. The summed E-state index contributed by atoms with van der Waals surface area (Å²) in [6.45, 7) is 6.00. The lowest BCUT2D eigenvalue weighted by Gasteiger charge is -2.13. The summed E-state index contributed by atoms with van der Waals surface area (Å²) < 4.78 is 7.42. The van der Waals surface area contributed by atoms with Crippen molar-refractivity contribution >= 4 is 50.1 Å². The van der Waals surface area contributed by atoms with Crippen LogP contribution in [0.15, 0.2) is 33.1 Å². The molecule has 1 aromatic carbocycles. The first-order valence-electron chi connectivity index (χ1n) is 7.13. The molecule has 8 heteroatoms. The Morgan fingerprint density at radius 1 is 1.30 bits per heavy atom. The first-order chi connectivity index (χ1) is 10.9. The molecule has 1 amide bonds. The van der Waals surface area contributed by atoms with Gasteiger partial charge in [0, 0.05) is 10.2 Å². The highest BCUT2D eigenvalue weighted by Crippen LogP contribution is 2.27. The van der Waals surface area contributed by atoms with Crippen molar-refractivity contribution in [2.24, 2.45) is 5.92 Å². The Morgan fingerprint density at radius 2 is 2.00 bits per heavy atom. The van der Waals surface area contributed by atoms with Gasteiger partial charge in [-0.15, -0.1) is 10.2 Å². The van der Waals surface area contributed by atoms with Crippen molar-refractivity contribution in [2.75, 3.05) is 11.1 Å². The summed E-state index contributed by atoms with van der Waals surface area (Å²) in [4.78, 5) is 12.1. The Hall–Kier alpha value is -1.12. The van der Waals surface area contributed by atoms with Gasteiger partial charge in [0.05, 0.1) is 0 Å². The molecule has 0 aliphatic carbocycles. The summed E-state index contributed by atoms with van der Waals surface area (Å²) in [5.41, 5.74) is 0. The van der Waals surface area contributed by atoms with Crippen molar-refractivity contribution in [1.29, 1.82) is 0 Å². The molecule has 1 heterocycles. The summed E-state index contributed by atoms with van der Waals surface area (Å²) >= 11 is 6.38. The van der Waals surface area contributed by atoms with Gasteiger partial charge in [-0.2, -0.15) is 0 Å². The molecule has 1 atom stereocenters. The van der Waals surface area contributed by atoms with Gasteiger partial charge < -0.3 is 4.74 Å². The predicted octanol–water partition coefficient (Wildman–Crippen LogP) is 4.45. The van der Waals surface area contributed by atoms with E-state index in [1.165, 1.54) is 11.3 Å². The molecule has 23 heavy (non-hydrogen) atoms. The fraction of sp³-hybridized carbons (Fsp3) is 0.400. The third kappa shape index (κ3) is 6.12. The van der Waals surface area contributed by atoms with Crippen LogP contribution in [0.1, 0.15) is 20.8 Å². The molecule has 0 bridgehead atoms. The number of ether oxygens (including phenoxy) is 1. The minimum absolute atomic E-state index is 0.246. The van der Waals surface area contributed by atoms with Crippen LogP contribution in [0.2, 0.25) is 0 Å². The van der Waals surface area contributed by atoms with Crippen molar-refractivity contribution in [3.8, 4) is 5.75 Å². The first kappa shape index (κ1) is 18.2. The average molecular weight is 416 g/mol. The minimum Gasteiger partial charge on any atom is -0.481 e. The summed E-state index contributed by atoms with van der Waals surface area (Å²) in [6, 6.07) is 7.34. The van der Waals surface area contributed by atoms with Gasteiger partial charge >= 0.3 is 0 Å². The van der Waals surface area contributed by atoms with Crippen molar-refractivity contribution in [1.82, 2.24) is 10.2 Å². The van der Waals surface area contributed by atoms with Gasteiger partial charge in [-0.25, -0.2) is 0 Å². The van der Waals surface area contributed by atoms with Crippen LogP contribution in [0.4, 0.5) is 5.13 Å². The van der Waals surface area contributed by atoms with E-state index in [1.807, 2.05) is 12.1 Å². The van der Waals surface area contributed by atoms with Crippen LogP contribution < -0.4 is 10.1 Å². The van der Waals surface area contributed by atoms with Crippen LogP contribution in [0.25, 0.3) is 0 Å². The number of nitrogens with zero attached hydrogens (tertiary/aromatic N) is 2. The second-order valence-corrected chi connectivity index (χ2v) is 8.44. The third-order valence-corrected chi connectivity index (χ3v) is 5.60. The van der Waals surface area contributed by atoms with Crippen LogP contribution in [0.5, 0.6) is 5.75 Å². The Kier molecular flexibility index (Phi) is 6.86. The molecule has 5 nitrogen and oxygen atoms in total. The Balaban J connectivity index is 1.86. The number of nitrogens with one attached hydrogen (secondary N) is 1. The number of carbonyl (C=O) groups excluding carboxylic acids is 1. The molecule has 1 N–H and O–H groups in total.